The van der Waals surface area contributed by atoms with Gasteiger partial charge in [0.2, 0.25) is 0 Å². The second-order valence-electron chi connectivity index (χ2n) is 4.62. The molecule has 0 radical (unpaired) electrons. The molecule has 0 fully saturated rings. The van der Waals surface area contributed by atoms with Crippen molar-refractivity contribution in [2.75, 3.05) is 6.61 Å². The van der Waals surface area contributed by atoms with E-state index in [4.69, 9.17) is 4.74 Å². The van der Waals surface area contributed by atoms with E-state index in [-0.39, 0.29) is 6.61 Å². The predicted molar refractivity (Wildman–Crippen MR) is 74.1 cm³/mol. The van der Waals surface area contributed by atoms with Gasteiger partial charge in [-0.1, -0.05) is 6.07 Å². The Morgan fingerprint density at radius 1 is 1.40 bits per heavy atom. The Balaban J connectivity index is 2.74. The number of rotatable bonds is 4. The largest absolute Gasteiger partial charge is 0.481 e. The first-order valence-corrected chi connectivity index (χ1v) is 6.48. The first kappa shape index (κ1) is 14.1. The van der Waals surface area contributed by atoms with Crippen molar-refractivity contribution in [3.8, 4) is 0 Å². The fraction of sp³-hybridized carbons (Fsp3) is 0.333. The molecular formula is C15H17NO4. The summed E-state index contributed by atoms with van der Waals surface area (Å²) in [6.07, 6.45) is 1.74. The van der Waals surface area contributed by atoms with Gasteiger partial charge in [-0.3, -0.25) is 4.79 Å². The van der Waals surface area contributed by atoms with E-state index in [1.165, 1.54) is 0 Å². The fourth-order valence-electron chi connectivity index (χ4n) is 2.48. The lowest BCUT2D eigenvalue weighted by molar-refractivity contribution is -0.138. The lowest BCUT2D eigenvalue weighted by Gasteiger charge is -2.06. The monoisotopic (exact) mass is 275 g/mol. The van der Waals surface area contributed by atoms with Crippen LogP contribution in [0.4, 0.5) is 0 Å². The van der Waals surface area contributed by atoms with Crippen LogP contribution in [0.15, 0.2) is 24.4 Å². The van der Waals surface area contributed by atoms with Gasteiger partial charge >= 0.3 is 11.9 Å². The van der Waals surface area contributed by atoms with Gasteiger partial charge in [0.15, 0.2) is 0 Å². The maximum Gasteiger partial charge on any atom is 0.355 e. The quantitative estimate of drug-likeness (QED) is 0.871. The van der Waals surface area contributed by atoms with E-state index < -0.39 is 17.9 Å². The highest BCUT2D eigenvalue weighted by molar-refractivity contribution is 5.94. The average Bonchev–Trinajstić information content (AvgIpc) is 2.70. The number of carbonyl (C=O) groups excluding carboxylic acids is 1. The van der Waals surface area contributed by atoms with Gasteiger partial charge in [0, 0.05) is 6.20 Å². The van der Waals surface area contributed by atoms with E-state index in [0.29, 0.717) is 16.8 Å². The molecule has 2 aromatic heterocycles. The molecule has 2 rings (SSSR count). The van der Waals surface area contributed by atoms with Gasteiger partial charge in [-0.2, -0.15) is 0 Å². The molecule has 2 heterocycles. The van der Waals surface area contributed by atoms with Gasteiger partial charge in [-0.05, 0) is 44.0 Å². The number of carboxylic acids is 1. The molecule has 0 saturated carbocycles. The summed E-state index contributed by atoms with van der Waals surface area (Å²) in [5, 5.41) is 9.25. The molecule has 0 bridgehead atoms. The molecule has 0 aliphatic carbocycles. The fourth-order valence-corrected chi connectivity index (χ4v) is 2.48. The number of carboxylic acid groups (broad SMARTS) is 1. The summed E-state index contributed by atoms with van der Waals surface area (Å²) in [5.74, 6) is -2.04. The maximum atomic E-state index is 12.1. The number of ether oxygens (including phenoxy) is 1. The molecule has 0 aliphatic heterocycles. The number of aliphatic carboxylic acids is 1. The summed E-state index contributed by atoms with van der Waals surface area (Å²) in [6.45, 7) is 5.40. The normalized spacial score (nSPS) is 12.3. The predicted octanol–water partition coefficient (Wildman–Crippen LogP) is 2.61. The minimum absolute atomic E-state index is 0.280. The standard InChI is InChI=1S/C15H17NO4/c1-4-20-15(19)13-9(2)12(10(3)14(17)18)11-7-5-6-8-16(11)13/h5-8,10H,4H2,1-3H3,(H,17,18). The molecule has 0 spiro atoms. The lowest BCUT2D eigenvalue weighted by atomic mass is 9.98. The van der Waals surface area contributed by atoms with E-state index in [1.807, 2.05) is 12.1 Å². The SMILES string of the molecule is CCOC(=O)c1c(C)c(C(C)C(=O)O)c2ccccn12. The molecule has 106 valence electrons. The second kappa shape index (κ2) is 5.36. The van der Waals surface area contributed by atoms with Crippen LogP contribution in [0.3, 0.4) is 0 Å². The van der Waals surface area contributed by atoms with Crippen LogP contribution in [0, 0.1) is 6.92 Å². The Hall–Kier alpha value is -2.30. The third-order valence-electron chi connectivity index (χ3n) is 3.41. The summed E-state index contributed by atoms with van der Waals surface area (Å²) in [5.41, 5.74) is 2.43. The zero-order valence-corrected chi connectivity index (χ0v) is 11.7. The third kappa shape index (κ3) is 2.15. The van der Waals surface area contributed by atoms with E-state index in [0.717, 1.165) is 5.52 Å². The van der Waals surface area contributed by atoms with Crippen LogP contribution in [0.1, 0.15) is 41.4 Å². The van der Waals surface area contributed by atoms with Gasteiger partial charge in [-0.15, -0.1) is 0 Å². The number of pyridine rings is 1. The molecule has 0 amide bonds. The Morgan fingerprint density at radius 2 is 2.10 bits per heavy atom. The van der Waals surface area contributed by atoms with Gasteiger partial charge in [0.25, 0.3) is 0 Å². The molecule has 1 atom stereocenters. The van der Waals surface area contributed by atoms with Crippen molar-refractivity contribution in [2.45, 2.75) is 26.7 Å². The van der Waals surface area contributed by atoms with Crippen LogP contribution in [-0.4, -0.2) is 28.1 Å². The molecule has 1 N–H and O–H groups in total. The van der Waals surface area contributed by atoms with Crippen LogP contribution < -0.4 is 0 Å². The summed E-state index contributed by atoms with van der Waals surface area (Å²) in [7, 11) is 0. The van der Waals surface area contributed by atoms with Crippen LogP contribution in [-0.2, 0) is 9.53 Å². The maximum absolute atomic E-state index is 12.1. The molecule has 0 saturated heterocycles. The highest BCUT2D eigenvalue weighted by atomic mass is 16.5. The lowest BCUT2D eigenvalue weighted by Crippen LogP contribution is -2.10. The van der Waals surface area contributed by atoms with Crippen LogP contribution in [0.25, 0.3) is 5.52 Å². The average molecular weight is 275 g/mol. The van der Waals surface area contributed by atoms with Crippen molar-refractivity contribution in [2.24, 2.45) is 0 Å². The third-order valence-corrected chi connectivity index (χ3v) is 3.41. The molecule has 5 heteroatoms. The topological polar surface area (TPSA) is 68.0 Å². The van der Waals surface area contributed by atoms with Crippen molar-refractivity contribution >= 4 is 17.5 Å². The van der Waals surface area contributed by atoms with Crippen molar-refractivity contribution in [1.29, 1.82) is 0 Å². The minimum Gasteiger partial charge on any atom is -0.481 e. The highest BCUT2D eigenvalue weighted by Crippen LogP contribution is 2.30. The number of esters is 1. The number of hydrogen-bond acceptors (Lipinski definition) is 3. The van der Waals surface area contributed by atoms with Gasteiger partial charge < -0.3 is 14.2 Å². The van der Waals surface area contributed by atoms with Crippen molar-refractivity contribution in [3.05, 3.63) is 41.2 Å². The molecular weight excluding hydrogens is 258 g/mol. The van der Waals surface area contributed by atoms with Crippen LogP contribution in [0.2, 0.25) is 0 Å². The van der Waals surface area contributed by atoms with Gasteiger partial charge in [0.05, 0.1) is 18.0 Å². The zero-order chi connectivity index (χ0) is 14.9. The zero-order valence-electron chi connectivity index (χ0n) is 11.7. The van der Waals surface area contributed by atoms with E-state index in [1.54, 1.807) is 37.4 Å². The van der Waals surface area contributed by atoms with E-state index in [2.05, 4.69) is 0 Å². The number of aromatic nitrogens is 1. The van der Waals surface area contributed by atoms with Crippen molar-refractivity contribution in [1.82, 2.24) is 4.40 Å². The smallest absolute Gasteiger partial charge is 0.355 e. The molecule has 0 aromatic carbocycles. The number of hydrogen-bond donors (Lipinski definition) is 1. The summed E-state index contributed by atoms with van der Waals surface area (Å²) in [6, 6.07) is 5.43. The van der Waals surface area contributed by atoms with Crippen molar-refractivity contribution in [3.63, 3.8) is 0 Å². The van der Waals surface area contributed by atoms with E-state index in [9.17, 15) is 14.7 Å². The molecule has 5 nitrogen and oxygen atoms in total. The number of carbonyl (C=O) groups is 2. The van der Waals surface area contributed by atoms with Crippen molar-refractivity contribution < 1.29 is 19.4 Å². The molecule has 2 aromatic rings. The molecule has 20 heavy (non-hydrogen) atoms. The Bertz CT molecular complexity index is 672. The van der Waals surface area contributed by atoms with Gasteiger partial charge in [-0.25, -0.2) is 4.79 Å². The van der Waals surface area contributed by atoms with Crippen LogP contribution >= 0.6 is 0 Å². The second-order valence-corrected chi connectivity index (χ2v) is 4.62. The Labute approximate surface area is 116 Å². The number of nitrogens with zero attached hydrogens (tertiary/aromatic N) is 1. The van der Waals surface area contributed by atoms with E-state index >= 15 is 0 Å². The summed E-state index contributed by atoms with van der Waals surface area (Å²) < 4.78 is 6.76. The molecule has 1 unspecified atom stereocenters. The summed E-state index contributed by atoms with van der Waals surface area (Å²) >= 11 is 0. The van der Waals surface area contributed by atoms with Crippen LogP contribution in [0.5, 0.6) is 0 Å². The first-order valence-electron chi connectivity index (χ1n) is 6.48. The molecule has 0 aliphatic rings. The summed E-state index contributed by atoms with van der Waals surface area (Å²) in [4.78, 5) is 23.4. The first-order chi connectivity index (χ1) is 9.49. The van der Waals surface area contributed by atoms with Gasteiger partial charge in [0.1, 0.15) is 5.69 Å². The number of fused-ring (bicyclic) bond motifs is 1. The Kier molecular flexibility index (Phi) is 3.79. The Morgan fingerprint density at radius 3 is 2.70 bits per heavy atom. The highest BCUT2D eigenvalue weighted by Gasteiger charge is 2.27. The minimum atomic E-state index is -0.917.